The van der Waals surface area contributed by atoms with Crippen molar-refractivity contribution in [1.29, 1.82) is 0 Å². The molecule has 0 spiro atoms. The van der Waals surface area contributed by atoms with E-state index in [2.05, 4.69) is 10.6 Å². The Morgan fingerprint density at radius 2 is 1.88 bits per heavy atom. The Hall–Kier alpha value is -2.64. The Morgan fingerprint density at radius 3 is 2.62 bits per heavy atom. The molecule has 1 aromatic heterocycles. The zero-order chi connectivity index (χ0) is 16.7. The Bertz CT molecular complexity index is 979. The first-order valence-electron chi connectivity index (χ1n) is 7.31. The maximum Gasteiger partial charge on any atom is 0.267 e. The van der Waals surface area contributed by atoms with Gasteiger partial charge in [-0.3, -0.25) is 9.36 Å². The molecule has 0 fully saturated rings. The molecule has 1 aliphatic rings. The van der Waals surface area contributed by atoms with E-state index in [1.54, 1.807) is 18.2 Å². The first-order valence-corrected chi connectivity index (χ1v) is 8.53. The number of nitrogens with one attached hydrogen (secondary N) is 2. The Balaban J connectivity index is 1.82. The molecule has 3 aromatic rings. The summed E-state index contributed by atoms with van der Waals surface area (Å²) in [6, 6.07) is 16.5. The lowest BCUT2D eigenvalue weighted by atomic mass is 10.1. The zero-order valence-corrected chi connectivity index (χ0v) is 14.0. The van der Waals surface area contributed by atoms with E-state index in [0.717, 1.165) is 11.3 Å². The van der Waals surface area contributed by atoms with Gasteiger partial charge in [0, 0.05) is 5.69 Å². The first-order chi connectivity index (χ1) is 11.6. The molecule has 1 atom stereocenters. The van der Waals surface area contributed by atoms with Crippen molar-refractivity contribution in [2.45, 2.75) is 6.17 Å². The van der Waals surface area contributed by atoms with E-state index in [4.69, 9.17) is 12.2 Å². The number of benzene rings is 2. The Labute approximate surface area is 147 Å². The van der Waals surface area contributed by atoms with Gasteiger partial charge in [-0.15, -0.1) is 0 Å². The van der Waals surface area contributed by atoms with Crippen LogP contribution in [-0.2, 0) is 0 Å². The SMILES string of the molecule is O=C1N[C@@H](c2cccc(O)c2)Nc2c1sc(=S)n2-c1ccccc1. The summed E-state index contributed by atoms with van der Waals surface area (Å²) in [5, 5.41) is 15.9. The molecule has 0 radical (unpaired) electrons. The lowest BCUT2D eigenvalue weighted by Crippen LogP contribution is -2.38. The molecule has 120 valence electrons. The predicted octanol–water partition coefficient (Wildman–Crippen LogP) is 3.83. The molecule has 0 saturated heterocycles. The van der Waals surface area contributed by atoms with Gasteiger partial charge in [-0.2, -0.15) is 0 Å². The second-order valence-corrected chi connectivity index (χ2v) is 7.01. The van der Waals surface area contributed by atoms with Gasteiger partial charge in [0.05, 0.1) is 0 Å². The number of amides is 1. The van der Waals surface area contributed by atoms with Crippen LogP contribution in [0.5, 0.6) is 5.75 Å². The summed E-state index contributed by atoms with van der Waals surface area (Å²) in [6.07, 6.45) is -0.434. The van der Waals surface area contributed by atoms with Crippen LogP contribution in [0.2, 0.25) is 0 Å². The number of carbonyl (C=O) groups is 1. The first kappa shape index (κ1) is 14.9. The molecule has 0 aliphatic carbocycles. The van der Waals surface area contributed by atoms with Crippen molar-refractivity contribution in [3.8, 4) is 11.4 Å². The maximum absolute atomic E-state index is 12.5. The third-order valence-electron chi connectivity index (χ3n) is 3.79. The van der Waals surface area contributed by atoms with E-state index in [1.165, 1.54) is 11.3 Å². The molecule has 7 heteroatoms. The highest BCUT2D eigenvalue weighted by Gasteiger charge is 2.29. The van der Waals surface area contributed by atoms with Crippen LogP contribution >= 0.6 is 23.6 Å². The number of para-hydroxylation sites is 1. The van der Waals surface area contributed by atoms with Crippen LogP contribution in [0.3, 0.4) is 0 Å². The normalized spacial score (nSPS) is 16.2. The second-order valence-electron chi connectivity index (χ2n) is 5.36. The lowest BCUT2D eigenvalue weighted by Gasteiger charge is -2.27. The van der Waals surface area contributed by atoms with E-state index in [0.29, 0.717) is 14.6 Å². The van der Waals surface area contributed by atoms with Gasteiger partial charge in [-0.1, -0.05) is 41.7 Å². The molecule has 1 amide bonds. The van der Waals surface area contributed by atoms with Crippen molar-refractivity contribution in [3.05, 3.63) is 69.0 Å². The van der Waals surface area contributed by atoms with Gasteiger partial charge in [0.15, 0.2) is 3.95 Å². The van der Waals surface area contributed by atoms with Crippen LogP contribution in [0.25, 0.3) is 5.69 Å². The van der Waals surface area contributed by atoms with Crippen LogP contribution in [0, 0.1) is 3.95 Å². The lowest BCUT2D eigenvalue weighted by molar-refractivity contribution is 0.0939. The molecule has 0 saturated carbocycles. The van der Waals surface area contributed by atoms with E-state index in [9.17, 15) is 9.90 Å². The quantitative estimate of drug-likeness (QED) is 0.611. The van der Waals surface area contributed by atoms with Crippen LogP contribution in [0.4, 0.5) is 5.82 Å². The third kappa shape index (κ3) is 2.47. The summed E-state index contributed by atoms with van der Waals surface area (Å²) < 4.78 is 2.47. The number of hydrogen-bond acceptors (Lipinski definition) is 5. The monoisotopic (exact) mass is 355 g/mol. The van der Waals surface area contributed by atoms with Crippen LogP contribution in [0.15, 0.2) is 54.6 Å². The second kappa shape index (κ2) is 5.77. The average Bonchev–Trinajstić information content (AvgIpc) is 2.92. The highest BCUT2D eigenvalue weighted by molar-refractivity contribution is 7.73. The maximum atomic E-state index is 12.5. The highest BCUT2D eigenvalue weighted by atomic mass is 32.1. The molecule has 2 heterocycles. The smallest absolute Gasteiger partial charge is 0.267 e. The summed E-state index contributed by atoms with van der Waals surface area (Å²) >= 11 is 6.73. The number of aromatic nitrogens is 1. The Kier molecular flexibility index (Phi) is 3.59. The molecular weight excluding hydrogens is 342 g/mol. The van der Waals surface area contributed by atoms with Crippen molar-refractivity contribution in [3.63, 3.8) is 0 Å². The molecule has 5 nitrogen and oxygen atoms in total. The van der Waals surface area contributed by atoms with Crippen molar-refractivity contribution in [1.82, 2.24) is 9.88 Å². The standard InChI is InChI=1S/C17H13N3O2S2/c21-12-8-4-5-10(9-12)14-18-15-13(16(22)19-14)24-17(23)20(15)11-6-2-1-3-7-11/h1-9,14,18,21H,(H,19,22)/t14-/m0/s1. The minimum Gasteiger partial charge on any atom is -0.508 e. The molecular formula is C17H13N3O2S2. The number of aromatic hydroxyl groups is 1. The number of thiazole rings is 1. The largest absolute Gasteiger partial charge is 0.508 e. The summed E-state index contributed by atoms with van der Waals surface area (Å²) in [4.78, 5) is 13.0. The average molecular weight is 355 g/mol. The summed E-state index contributed by atoms with van der Waals surface area (Å²) in [5.74, 6) is 0.649. The zero-order valence-electron chi connectivity index (χ0n) is 12.4. The number of nitrogens with zero attached hydrogens (tertiary/aromatic N) is 1. The number of anilines is 1. The number of rotatable bonds is 2. The third-order valence-corrected chi connectivity index (χ3v) is 5.16. The van der Waals surface area contributed by atoms with E-state index in [1.807, 2.05) is 41.0 Å². The predicted molar refractivity (Wildman–Crippen MR) is 96.4 cm³/mol. The highest BCUT2D eigenvalue weighted by Crippen LogP contribution is 2.34. The minimum atomic E-state index is -0.434. The topological polar surface area (TPSA) is 66.3 Å². The van der Waals surface area contributed by atoms with Crippen molar-refractivity contribution < 1.29 is 9.90 Å². The number of phenolic OH excluding ortho intramolecular Hbond substituents is 1. The van der Waals surface area contributed by atoms with Crippen molar-refractivity contribution in [2.75, 3.05) is 5.32 Å². The molecule has 2 aromatic carbocycles. The molecule has 3 N–H and O–H groups in total. The minimum absolute atomic E-state index is 0.152. The van der Waals surface area contributed by atoms with E-state index in [-0.39, 0.29) is 11.7 Å². The van der Waals surface area contributed by atoms with Gasteiger partial charge in [-0.05, 0) is 42.0 Å². The summed E-state index contributed by atoms with van der Waals surface area (Å²) in [5.41, 5.74) is 1.67. The van der Waals surface area contributed by atoms with E-state index < -0.39 is 6.17 Å². The van der Waals surface area contributed by atoms with Crippen molar-refractivity contribution >= 4 is 35.3 Å². The number of hydrogen-bond donors (Lipinski definition) is 3. The van der Waals surface area contributed by atoms with Crippen molar-refractivity contribution in [2.24, 2.45) is 0 Å². The molecule has 4 rings (SSSR count). The van der Waals surface area contributed by atoms with Gasteiger partial charge in [-0.25, -0.2) is 0 Å². The van der Waals surface area contributed by atoms with Gasteiger partial charge >= 0.3 is 0 Å². The van der Waals surface area contributed by atoms with Gasteiger partial charge < -0.3 is 15.7 Å². The molecule has 0 unspecified atom stereocenters. The fourth-order valence-electron chi connectivity index (χ4n) is 2.71. The fourth-order valence-corrected chi connectivity index (χ4v) is 4.02. The van der Waals surface area contributed by atoms with E-state index >= 15 is 0 Å². The van der Waals surface area contributed by atoms with Gasteiger partial charge in [0.1, 0.15) is 22.6 Å². The molecule has 1 aliphatic heterocycles. The van der Waals surface area contributed by atoms with Crippen LogP contribution in [-0.4, -0.2) is 15.6 Å². The molecule has 0 bridgehead atoms. The summed E-state index contributed by atoms with van der Waals surface area (Å²) in [6.45, 7) is 0. The Morgan fingerprint density at radius 1 is 1.08 bits per heavy atom. The van der Waals surface area contributed by atoms with Gasteiger partial charge in [0.25, 0.3) is 5.91 Å². The number of phenols is 1. The van der Waals surface area contributed by atoms with Gasteiger partial charge in [0.2, 0.25) is 0 Å². The fraction of sp³-hybridized carbons (Fsp3) is 0.0588. The number of carbonyl (C=O) groups excluding carboxylic acids is 1. The van der Waals surface area contributed by atoms with Crippen LogP contribution in [0.1, 0.15) is 21.4 Å². The number of fused-ring (bicyclic) bond motifs is 1. The van der Waals surface area contributed by atoms with Crippen LogP contribution < -0.4 is 10.6 Å². The summed E-state index contributed by atoms with van der Waals surface area (Å²) in [7, 11) is 0. The molecule has 24 heavy (non-hydrogen) atoms.